The molecule has 10 heteroatoms. The summed E-state index contributed by atoms with van der Waals surface area (Å²) in [6.45, 7) is 0. The number of pyridine rings is 1. The number of hydrogen-bond acceptors (Lipinski definition) is 8. The van der Waals surface area contributed by atoms with Gasteiger partial charge in [0.2, 0.25) is 0 Å². The number of nitrogens with one attached hydrogen (secondary N) is 1. The maximum Gasteiger partial charge on any atom is 0.356 e. The summed E-state index contributed by atoms with van der Waals surface area (Å²) in [6, 6.07) is 6.93. The third kappa shape index (κ3) is 2.97. The number of rotatable bonds is 4. The SMILES string of the molecule is COC(=O)c1cccc(CSc2nc3c(C#N)cnn3c(=O)[nH]2)n1. The van der Waals surface area contributed by atoms with Gasteiger partial charge in [-0.2, -0.15) is 14.9 Å². The molecule has 1 N–H and O–H groups in total. The molecule has 0 bridgehead atoms. The van der Waals surface area contributed by atoms with Crippen molar-refractivity contribution in [2.24, 2.45) is 0 Å². The normalized spacial score (nSPS) is 10.5. The van der Waals surface area contributed by atoms with Crippen LogP contribution in [0.4, 0.5) is 0 Å². The first-order chi connectivity index (χ1) is 11.6. The third-order valence-corrected chi connectivity index (χ3v) is 3.94. The van der Waals surface area contributed by atoms with E-state index in [0.717, 1.165) is 4.52 Å². The first-order valence-corrected chi connectivity index (χ1v) is 7.66. The average Bonchev–Trinajstić information content (AvgIpc) is 3.03. The van der Waals surface area contributed by atoms with Crippen LogP contribution in [0, 0.1) is 11.3 Å². The number of thioether (sulfide) groups is 1. The second-order valence-corrected chi connectivity index (χ2v) is 5.51. The van der Waals surface area contributed by atoms with E-state index in [1.165, 1.54) is 25.1 Å². The van der Waals surface area contributed by atoms with E-state index in [4.69, 9.17) is 5.26 Å². The molecule has 24 heavy (non-hydrogen) atoms. The number of aromatic amines is 1. The molecular formula is C14H10N6O3S. The van der Waals surface area contributed by atoms with Gasteiger partial charge in [-0.15, -0.1) is 0 Å². The molecule has 0 radical (unpaired) electrons. The van der Waals surface area contributed by atoms with E-state index >= 15 is 0 Å². The zero-order chi connectivity index (χ0) is 17.1. The maximum atomic E-state index is 11.9. The molecule has 0 atom stereocenters. The lowest BCUT2D eigenvalue weighted by atomic mass is 10.3. The van der Waals surface area contributed by atoms with E-state index in [1.807, 2.05) is 6.07 Å². The number of nitrogens with zero attached hydrogens (tertiary/aromatic N) is 5. The van der Waals surface area contributed by atoms with Crippen molar-refractivity contribution in [1.29, 1.82) is 5.26 Å². The summed E-state index contributed by atoms with van der Waals surface area (Å²) in [5.41, 5.74) is 0.753. The zero-order valence-electron chi connectivity index (χ0n) is 12.4. The molecule has 3 heterocycles. The van der Waals surface area contributed by atoms with Crippen molar-refractivity contribution in [3.05, 3.63) is 51.8 Å². The minimum atomic E-state index is -0.521. The molecule has 0 fully saturated rings. The van der Waals surface area contributed by atoms with Crippen LogP contribution in [0.15, 0.2) is 34.3 Å². The summed E-state index contributed by atoms with van der Waals surface area (Å²) in [6.07, 6.45) is 1.29. The third-order valence-electron chi connectivity index (χ3n) is 3.04. The minimum absolute atomic E-state index is 0.194. The van der Waals surface area contributed by atoms with Crippen molar-refractivity contribution in [2.75, 3.05) is 7.11 Å². The number of esters is 1. The number of H-pyrrole nitrogens is 1. The van der Waals surface area contributed by atoms with Crippen LogP contribution in [0.25, 0.3) is 5.65 Å². The fourth-order valence-corrected chi connectivity index (χ4v) is 2.69. The van der Waals surface area contributed by atoms with E-state index in [9.17, 15) is 9.59 Å². The van der Waals surface area contributed by atoms with Crippen molar-refractivity contribution >= 4 is 23.4 Å². The van der Waals surface area contributed by atoms with Gasteiger partial charge < -0.3 is 4.74 Å². The molecule has 0 aromatic carbocycles. The Morgan fingerprint density at radius 1 is 1.46 bits per heavy atom. The van der Waals surface area contributed by atoms with E-state index in [0.29, 0.717) is 16.6 Å². The molecule has 3 aromatic heterocycles. The van der Waals surface area contributed by atoms with Crippen LogP contribution in [-0.2, 0) is 10.5 Å². The monoisotopic (exact) mass is 342 g/mol. The maximum absolute atomic E-state index is 11.9. The lowest BCUT2D eigenvalue weighted by Crippen LogP contribution is -2.19. The van der Waals surface area contributed by atoms with Gasteiger partial charge in [0.1, 0.15) is 17.3 Å². The molecule has 120 valence electrons. The predicted octanol–water partition coefficient (Wildman–Crippen LogP) is 0.763. The topological polar surface area (TPSA) is 126 Å². The van der Waals surface area contributed by atoms with Crippen molar-refractivity contribution in [2.45, 2.75) is 10.9 Å². The van der Waals surface area contributed by atoms with E-state index < -0.39 is 11.7 Å². The largest absolute Gasteiger partial charge is 0.464 e. The van der Waals surface area contributed by atoms with Gasteiger partial charge in [-0.3, -0.25) is 4.98 Å². The van der Waals surface area contributed by atoms with Gasteiger partial charge in [0.15, 0.2) is 10.8 Å². The molecular weight excluding hydrogens is 332 g/mol. The number of methoxy groups -OCH3 is 1. The van der Waals surface area contributed by atoms with Crippen LogP contribution in [0.1, 0.15) is 21.7 Å². The second-order valence-electron chi connectivity index (χ2n) is 4.55. The Labute approximate surface area is 139 Å². The Morgan fingerprint density at radius 2 is 2.29 bits per heavy atom. The minimum Gasteiger partial charge on any atom is -0.464 e. The molecule has 0 amide bonds. The Hall–Kier alpha value is -3.19. The van der Waals surface area contributed by atoms with E-state index in [2.05, 4.69) is 24.8 Å². The van der Waals surface area contributed by atoms with Crippen molar-refractivity contribution < 1.29 is 9.53 Å². The summed E-state index contributed by atoms with van der Waals surface area (Å²) < 4.78 is 5.65. The number of hydrogen-bond donors (Lipinski definition) is 1. The lowest BCUT2D eigenvalue weighted by molar-refractivity contribution is 0.0594. The molecule has 9 nitrogen and oxygen atoms in total. The highest BCUT2D eigenvalue weighted by molar-refractivity contribution is 7.98. The van der Waals surface area contributed by atoms with Gasteiger partial charge in [0.05, 0.1) is 19.0 Å². The smallest absolute Gasteiger partial charge is 0.356 e. The number of aromatic nitrogens is 5. The summed E-state index contributed by atoms with van der Waals surface area (Å²) in [7, 11) is 1.29. The quantitative estimate of drug-likeness (QED) is 0.544. The first-order valence-electron chi connectivity index (χ1n) is 6.67. The summed E-state index contributed by atoms with van der Waals surface area (Å²) >= 11 is 1.22. The molecule has 0 aliphatic heterocycles. The van der Waals surface area contributed by atoms with Gasteiger partial charge in [0, 0.05) is 5.75 Å². The summed E-state index contributed by atoms with van der Waals surface area (Å²) in [4.78, 5) is 34.4. The van der Waals surface area contributed by atoms with Crippen LogP contribution >= 0.6 is 11.8 Å². The van der Waals surface area contributed by atoms with Gasteiger partial charge in [0.25, 0.3) is 0 Å². The van der Waals surface area contributed by atoms with Crippen LogP contribution < -0.4 is 5.69 Å². The van der Waals surface area contributed by atoms with Gasteiger partial charge in [-0.25, -0.2) is 19.6 Å². The fraction of sp³-hybridized carbons (Fsp3) is 0.143. The fourth-order valence-electron chi connectivity index (χ4n) is 1.93. The number of ether oxygens (including phenoxy) is 1. The van der Waals surface area contributed by atoms with Gasteiger partial charge in [-0.05, 0) is 12.1 Å². The first kappa shape index (κ1) is 15.7. The van der Waals surface area contributed by atoms with Crippen molar-refractivity contribution in [3.8, 4) is 6.07 Å². The van der Waals surface area contributed by atoms with Gasteiger partial charge >= 0.3 is 11.7 Å². The Morgan fingerprint density at radius 3 is 3.04 bits per heavy atom. The van der Waals surface area contributed by atoms with Crippen molar-refractivity contribution in [3.63, 3.8) is 0 Å². The van der Waals surface area contributed by atoms with Crippen LogP contribution in [0.5, 0.6) is 0 Å². The molecule has 3 rings (SSSR count). The molecule has 0 spiro atoms. The highest BCUT2D eigenvalue weighted by Crippen LogP contribution is 2.18. The van der Waals surface area contributed by atoms with Crippen LogP contribution in [-0.4, -0.2) is 37.6 Å². The van der Waals surface area contributed by atoms with Crippen LogP contribution in [0.3, 0.4) is 0 Å². The average molecular weight is 342 g/mol. The Kier molecular flexibility index (Phi) is 4.26. The highest BCUT2D eigenvalue weighted by atomic mass is 32.2. The lowest BCUT2D eigenvalue weighted by Gasteiger charge is -2.03. The standard InChI is InChI=1S/C14H10N6O3S/c1-23-12(21)10-4-2-3-9(17-10)7-24-13-18-11-8(5-15)6-16-20(11)14(22)19-13/h2-4,6H,7H2,1H3,(H,18,19,22). The molecule has 0 saturated carbocycles. The number of nitriles is 1. The number of carbonyl (C=O) groups excluding carboxylic acids is 1. The van der Waals surface area contributed by atoms with E-state index in [1.54, 1.807) is 18.2 Å². The summed E-state index contributed by atoms with van der Waals surface area (Å²) in [5, 5.41) is 13.1. The van der Waals surface area contributed by atoms with Crippen LogP contribution in [0.2, 0.25) is 0 Å². The zero-order valence-corrected chi connectivity index (χ0v) is 13.2. The number of carbonyl (C=O) groups is 1. The number of fused-ring (bicyclic) bond motifs is 1. The molecule has 0 aliphatic rings. The second kappa shape index (κ2) is 6.51. The molecule has 0 aliphatic carbocycles. The summed E-state index contributed by atoms with van der Waals surface area (Å²) in [5.74, 6) is -0.146. The Bertz CT molecular complexity index is 1020. The molecule has 3 aromatic rings. The predicted molar refractivity (Wildman–Crippen MR) is 83.5 cm³/mol. The Balaban J connectivity index is 1.85. The highest BCUT2D eigenvalue weighted by Gasteiger charge is 2.11. The van der Waals surface area contributed by atoms with E-state index in [-0.39, 0.29) is 16.9 Å². The van der Waals surface area contributed by atoms with Gasteiger partial charge in [-0.1, -0.05) is 17.8 Å². The molecule has 0 unspecified atom stereocenters. The molecule has 0 saturated heterocycles. The van der Waals surface area contributed by atoms with Crippen molar-refractivity contribution in [1.82, 2.24) is 24.6 Å².